The molecule has 1 heterocycles. The Labute approximate surface area is 93.1 Å². The number of esters is 1. The second-order valence-corrected chi connectivity index (χ2v) is 2.80. The van der Waals surface area contributed by atoms with Crippen LogP contribution in [0.4, 0.5) is 0 Å². The number of rotatable bonds is 4. The summed E-state index contributed by atoms with van der Waals surface area (Å²) < 4.78 is 4.64. The van der Waals surface area contributed by atoms with E-state index in [1.54, 1.807) is 25.3 Å². The Morgan fingerprint density at radius 2 is 2.38 bits per heavy atom. The lowest BCUT2D eigenvalue weighted by molar-refractivity contribution is -0.137. The third-order valence-corrected chi connectivity index (χ3v) is 1.64. The van der Waals surface area contributed by atoms with Crippen molar-refractivity contribution in [2.45, 2.75) is 6.92 Å². The molecule has 0 saturated heterocycles. The predicted octanol–water partition coefficient (Wildman–Crippen LogP) is 0.888. The van der Waals surface area contributed by atoms with E-state index in [-0.39, 0.29) is 5.91 Å². The topological polar surface area (TPSA) is 68.3 Å². The normalized spacial score (nSPS) is 10.1. The Balaban J connectivity index is 2.45. The first kappa shape index (κ1) is 11.9. The summed E-state index contributed by atoms with van der Waals surface area (Å²) >= 11 is 0. The third kappa shape index (κ3) is 3.91. The molecule has 0 atom stereocenters. The zero-order valence-corrected chi connectivity index (χ0v) is 8.84. The van der Waals surface area contributed by atoms with Crippen molar-refractivity contribution in [3.63, 3.8) is 0 Å². The van der Waals surface area contributed by atoms with Crippen molar-refractivity contribution in [2.75, 3.05) is 6.61 Å². The van der Waals surface area contributed by atoms with Crippen LogP contribution in [0.25, 0.3) is 0 Å². The molecule has 0 spiro atoms. The van der Waals surface area contributed by atoms with Crippen LogP contribution in [0.15, 0.2) is 36.8 Å². The minimum Gasteiger partial charge on any atom is -0.463 e. The zero-order chi connectivity index (χ0) is 11.8. The fraction of sp³-hybridized carbons (Fsp3) is 0.182. The van der Waals surface area contributed by atoms with Crippen LogP contribution in [0.3, 0.4) is 0 Å². The molecule has 0 fully saturated rings. The Morgan fingerprint density at radius 1 is 1.56 bits per heavy atom. The monoisotopic (exact) mass is 220 g/mol. The average Bonchev–Trinajstić information content (AvgIpc) is 2.30. The summed E-state index contributed by atoms with van der Waals surface area (Å²) in [6.07, 6.45) is 5.41. The number of ether oxygens (including phenoxy) is 1. The molecule has 5 nitrogen and oxygen atoms in total. The molecule has 1 aromatic rings. The van der Waals surface area contributed by atoms with Crippen LogP contribution >= 0.6 is 0 Å². The SMILES string of the molecule is CCOC(=O)/C=C/NC(=O)c1cccnc1. The Kier molecular flexibility index (Phi) is 4.72. The van der Waals surface area contributed by atoms with Gasteiger partial charge in [-0.3, -0.25) is 9.78 Å². The predicted molar refractivity (Wildman–Crippen MR) is 57.5 cm³/mol. The summed E-state index contributed by atoms with van der Waals surface area (Å²) in [6.45, 7) is 2.01. The van der Waals surface area contributed by atoms with Gasteiger partial charge in [-0.05, 0) is 19.1 Å². The maximum absolute atomic E-state index is 11.4. The lowest BCUT2D eigenvalue weighted by Crippen LogP contribution is -2.17. The van der Waals surface area contributed by atoms with E-state index < -0.39 is 5.97 Å². The van der Waals surface area contributed by atoms with E-state index in [1.165, 1.54) is 12.4 Å². The second kappa shape index (κ2) is 6.34. The standard InChI is InChI=1S/C11H12N2O3/c1-2-16-10(14)5-7-13-11(15)9-4-3-6-12-8-9/h3-8H,2H2,1H3,(H,13,15)/b7-5+. The summed E-state index contributed by atoms with van der Waals surface area (Å²) in [5.41, 5.74) is 0.427. The zero-order valence-electron chi connectivity index (χ0n) is 8.84. The second-order valence-electron chi connectivity index (χ2n) is 2.80. The maximum atomic E-state index is 11.4. The summed E-state index contributed by atoms with van der Waals surface area (Å²) in [5.74, 6) is -0.817. The third-order valence-electron chi connectivity index (χ3n) is 1.64. The largest absolute Gasteiger partial charge is 0.463 e. The first-order chi connectivity index (χ1) is 7.74. The van der Waals surface area contributed by atoms with Gasteiger partial charge in [0.1, 0.15) is 0 Å². The van der Waals surface area contributed by atoms with Crippen LogP contribution in [0.2, 0.25) is 0 Å². The molecule has 0 radical (unpaired) electrons. The fourth-order valence-electron chi connectivity index (χ4n) is 0.956. The molecule has 84 valence electrons. The van der Waals surface area contributed by atoms with Crippen molar-refractivity contribution in [1.29, 1.82) is 0 Å². The van der Waals surface area contributed by atoms with E-state index in [2.05, 4.69) is 15.0 Å². The highest BCUT2D eigenvalue weighted by atomic mass is 16.5. The average molecular weight is 220 g/mol. The van der Waals surface area contributed by atoms with E-state index in [1.807, 2.05) is 0 Å². The molecular weight excluding hydrogens is 208 g/mol. The molecule has 16 heavy (non-hydrogen) atoms. The molecule has 0 aliphatic heterocycles. The quantitative estimate of drug-likeness (QED) is 0.604. The van der Waals surface area contributed by atoms with E-state index >= 15 is 0 Å². The minimum atomic E-state index is -0.492. The Bertz CT molecular complexity index is 387. The molecule has 0 bridgehead atoms. The van der Waals surface area contributed by atoms with E-state index in [0.29, 0.717) is 12.2 Å². The molecule has 1 aromatic heterocycles. The number of carbonyl (C=O) groups is 2. The van der Waals surface area contributed by atoms with Gasteiger partial charge in [0.05, 0.1) is 12.2 Å². The number of hydrogen-bond donors (Lipinski definition) is 1. The van der Waals surface area contributed by atoms with Crippen LogP contribution in [0.5, 0.6) is 0 Å². The summed E-state index contributed by atoms with van der Waals surface area (Å²) in [7, 11) is 0. The first-order valence-electron chi connectivity index (χ1n) is 4.78. The van der Waals surface area contributed by atoms with Crippen molar-refractivity contribution < 1.29 is 14.3 Å². The van der Waals surface area contributed by atoms with Crippen LogP contribution in [0.1, 0.15) is 17.3 Å². The lowest BCUT2D eigenvalue weighted by Gasteiger charge is -1.98. The van der Waals surface area contributed by atoms with Crippen LogP contribution < -0.4 is 5.32 Å². The molecule has 0 unspecified atom stereocenters. The van der Waals surface area contributed by atoms with Gasteiger partial charge < -0.3 is 10.1 Å². The van der Waals surface area contributed by atoms with Gasteiger partial charge in [-0.15, -0.1) is 0 Å². The number of nitrogens with zero attached hydrogens (tertiary/aromatic N) is 1. The number of aromatic nitrogens is 1. The van der Waals surface area contributed by atoms with Crippen LogP contribution in [-0.2, 0) is 9.53 Å². The smallest absolute Gasteiger partial charge is 0.332 e. The Morgan fingerprint density at radius 3 is 3.00 bits per heavy atom. The van der Waals surface area contributed by atoms with Crippen LogP contribution in [-0.4, -0.2) is 23.5 Å². The van der Waals surface area contributed by atoms with Crippen molar-refractivity contribution in [2.24, 2.45) is 0 Å². The highest BCUT2D eigenvalue weighted by molar-refractivity contribution is 5.95. The first-order valence-corrected chi connectivity index (χ1v) is 4.78. The minimum absolute atomic E-state index is 0.305. The Hall–Kier alpha value is -2.17. The molecule has 0 aliphatic rings. The number of nitrogens with one attached hydrogen (secondary N) is 1. The summed E-state index contributed by atoms with van der Waals surface area (Å²) in [5, 5.41) is 2.43. The van der Waals surface area contributed by atoms with Gasteiger partial charge in [-0.1, -0.05) is 0 Å². The van der Waals surface area contributed by atoms with E-state index in [9.17, 15) is 9.59 Å². The maximum Gasteiger partial charge on any atom is 0.332 e. The van der Waals surface area contributed by atoms with Crippen molar-refractivity contribution in [3.8, 4) is 0 Å². The number of pyridine rings is 1. The van der Waals surface area contributed by atoms with Crippen molar-refractivity contribution in [3.05, 3.63) is 42.4 Å². The number of hydrogen-bond acceptors (Lipinski definition) is 4. The molecular formula is C11H12N2O3. The van der Waals surface area contributed by atoms with Crippen molar-refractivity contribution in [1.82, 2.24) is 10.3 Å². The van der Waals surface area contributed by atoms with E-state index in [0.717, 1.165) is 6.08 Å². The van der Waals surface area contributed by atoms with Gasteiger partial charge >= 0.3 is 5.97 Å². The molecule has 5 heteroatoms. The highest BCUT2D eigenvalue weighted by Crippen LogP contribution is 1.94. The molecule has 0 saturated carbocycles. The summed E-state index contributed by atoms with van der Waals surface area (Å²) in [4.78, 5) is 26.1. The molecule has 1 rings (SSSR count). The van der Waals surface area contributed by atoms with Gasteiger partial charge in [-0.2, -0.15) is 0 Å². The number of amides is 1. The fourth-order valence-corrected chi connectivity index (χ4v) is 0.956. The molecule has 0 aliphatic carbocycles. The van der Waals surface area contributed by atoms with Gasteiger partial charge in [-0.25, -0.2) is 4.79 Å². The highest BCUT2D eigenvalue weighted by Gasteiger charge is 2.02. The molecule has 1 amide bonds. The van der Waals surface area contributed by atoms with E-state index in [4.69, 9.17) is 0 Å². The van der Waals surface area contributed by atoms with Gasteiger partial charge in [0.15, 0.2) is 0 Å². The molecule has 0 aromatic carbocycles. The van der Waals surface area contributed by atoms with Gasteiger partial charge in [0.25, 0.3) is 5.91 Å². The molecule has 1 N–H and O–H groups in total. The van der Waals surface area contributed by atoms with Crippen LogP contribution in [0, 0.1) is 0 Å². The van der Waals surface area contributed by atoms with Gasteiger partial charge in [0.2, 0.25) is 0 Å². The lowest BCUT2D eigenvalue weighted by atomic mass is 10.3. The summed E-state index contributed by atoms with van der Waals surface area (Å²) in [6, 6.07) is 3.28. The number of carbonyl (C=O) groups excluding carboxylic acids is 2. The van der Waals surface area contributed by atoms with Crippen molar-refractivity contribution >= 4 is 11.9 Å². The van der Waals surface area contributed by atoms with Gasteiger partial charge in [0, 0.05) is 24.7 Å².